The number of hydrogen-bond acceptors (Lipinski definition) is 6. The second-order valence-electron chi connectivity index (χ2n) is 4.49. The van der Waals surface area contributed by atoms with Crippen molar-refractivity contribution in [3.8, 4) is 6.01 Å². The van der Waals surface area contributed by atoms with Crippen LogP contribution in [-0.2, 0) is 0 Å². The normalized spacial score (nSPS) is 13.1. The highest BCUT2D eigenvalue weighted by Gasteiger charge is 2.13. The minimum absolute atomic E-state index is 0.0252. The minimum Gasteiger partial charge on any atom is -0.461 e. The Hall–Kier alpha value is -1.04. The SMILES string of the molecule is CC(C)Oc1nc(N)nc(SC(C)C(C)C)n1. The first-order valence-electron chi connectivity index (χ1n) is 5.73. The summed E-state index contributed by atoms with van der Waals surface area (Å²) in [5.74, 6) is 0.751. The first-order chi connectivity index (χ1) is 7.88. The second kappa shape index (κ2) is 6.05. The number of thioether (sulfide) groups is 1. The molecule has 0 aliphatic rings. The molecule has 1 aromatic heterocycles. The van der Waals surface area contributed by atoms with Gasteiger partial charge in [0, 0.05) is 5.25 Å². The summed E-state index contributed by atoms with van der Waals surface area (Å²) in [7, 11) is 0. The molecule has 2 N–H and O–H groups in total. The molecule has 0 amide bonds. The lowest BCUT2D eigenvalue weighted by atomic mass is 10.2. The van der Waals surface area contributed by atoms with Gasteiger partial charge in [-0.3, -0.25) is 0 Å². The van der Waals surface area contributed by atoms with E-state index in [-0.39, 0.29) is 12.1 Å². The quantitative estimate of drug-likeness (QED) is 0.815. The topological polar surface area (TPSA) is 73.9 Å². The van der Waals surface area contributed by atoms with Crippen molar-refractivity contribution in [1.82, 2.24) is 15.0 Å². The zero-order valence-electron chi connectivity index (χ0n) is 11.0. The van der Waals surface area contributed by atoms with Crippen molar-refractivity contribution in [1.29, 1.82) is 0 Å². The summed E-state index contributed by atoms with van der Waals surface area (Å²) in [6.07, 6.45) is 0.0252. The van der Waals surface area contributed by atoms with Gasteiger partial charge < -0.3 is 10.5 Å². The lowest BCUT2D eigenvalue weighted by Crippen LogP contribution is -2.12. The maximum Gasteiger partial charge on any atom is 0.322 e. The molecule has 0 spiro atoms. The van der Waals surface area contributed by atoms with Gasteiger partial charge in [-0.2, -0.15) is 15.0 Å². The van der Waals surface area contributed by atoms with Crippen LogP contribution in [-0.4, -0.2) is 26.3 Å². The van der Waals surface area contributed by atoms with E-state index < -0.39 is 0 Å². The van der Waals surface area contributed by atoms with Crippen LogP contribution in [0.2, 0.25) is 0 Å². The van der Waals surface area contributed by atoms with Crippen LogP contribution in [0.5, 0.6) is 6.01 Å². The predicted octanol–water partition coefficient (Wildman–Crippen LogP) is 2.38. The molecular formula is C11H20N4OS. The third kappa shape index (κ3) is 4.77. The highest BCUT2D eigenvalue weighted by atomic mass is 32.2. The molecular weight excluding hydrogens is 236 g/mol. The summed E-state index contributed by atoms with van der Waals surface area (Å²) in [5.41, 5.74) is 5.63. The standard InChI is InChI=1S/C11H20N4OS/c1-6(2)8(5)17-11-14-9(12)13-10(15-11)16-7(3)4/h6-8H,1-5H3,(H2,12,13,14,15). The van der Waals surface area contributed by atoms with E-state index in [9.17, 15) is 0 Å². The zero-order chi connectivity index (χ0) is 13.0. The Morgan fingerprint density at radius 2 is 1.71 bits per heavy atom. The third-order valence-corrected chi connectivity index (χ3v) is 3.49. The molecule has 1 atom stereocenters. The van der Waals surface area contributed by atoms with Gasteiger partial charge in [0.1, 0.15) is 0 Å². The molecule has 1 unspecified atom stereocenters. The summed E-state index contributed by atoms with van der Waals surface area (Å²) in [5, 5.41) is 1.04. The molecule has 1 aromatic rings. The Bertz CT molecular complexity index is 370. The van der Waals surface area contributed by atoms with Gasteiger partial charge in [-0.25, -0.2) is 0 Å². The number of nitrogens with zero attached hydrogens (tertiary/aromatic N) is 3. The molecule has 17 heavy (non-hydrogen) atoms. The molecule has 6 heteroatoms. The van der Waals surface area contributed by atoms with Gasteiger partial charge in [0.2, 0.25) is 5.95 Å². The summed E-state index contributed by atoms with van der Waals surface area (Å²) < 4.78 is 5.42. The number of aromatic nitrogens is 3. The number of ether oxygens (including phenoxy) is 1. The van der Waals surface area contributed by atoms with Gasteiger partial charge in [0.25, 0.3) is 0 Å². The Balaban J connectivity index is 2.82. The van der Waals surface area contributed by atoms with E-state index in [4.69, 9.17) is 10.5 Å². The lowest BCUT2D eigenvalue weighted by Gasteiger charge is -2.14. The summed E-state index contributed by atoms with van der Waals surface area (Å²) in [6, 6.07) is 0.297. The van der Waals surface area contributed by atoms with Crippen molar-refractivity contribution in [2.45, 2.75) is 51.1 Å². The van der Waals surface area contributed by atoms with Gasteiger partial charge in [-0.1, -0.05) is 32.5 Å². The van der Waals surface area contributed by atoms with Crippen LogP contribution in [0.4, 0.5) is 5.95 Å². The van der Waals surface area contributed by atoms with E-state index in [2.05, 4.69) is 35.7 Å². The Morgan fingerprint density at radius 3 is 2.24 bits per heavy atom. The Labute approximate surface area is 107 Å². The number of rotatable bonds is 5. The molecule has 0 aliphatic heterocycles. The van der Waals surface area contributed by atoms with Crippen molar-refractivity contribution in [3.05, 3.63) is 0 Å². The Kier molecular flexibility index (Phi) is 4.99. The van der Waals surface area contributed by atoms with E-state index in [0.29, 0.717) is 22.3 Å². The fourth-order valence-electron chi connectivity index (χ4n) is 0.971. The van der Waals surface area contributed by atoms with Gasteiger partial charge >= 0.3 is 6.01 Å². The highest BCUT2D eigenvalue weighted by molar-refractivity contribution is 7.99. The average molecular weight is 256 g/mol. The third-order valence-electron chi connectivity index (χ3n) is 2.18. The largest absolute Gasteiger partial charge is 0.461 e. The number of hydrogen-bond donors (Lipinski definition) is 1. The minimum atomic E-state index is 0.0252. The van der Waals surface area contributed by atoms with Crippen LogP contribution in [0.15, 0.2) is 5.16 Å². The average Bonchev–Trinajstić information content (AvgIpc) is 2.14. The zero-order valence-corrected chi connectivity index (χ0v) is 11.8. The number of nitrogen functional groups attached to an aromatic ring is 1. The van der Waals surface area contributed by atoms with E-state index in [1.165, 1.54) is 0 Å². The van der Waals surface area contributed by atoms with Crippen LogP contribution in [0.1, 0.15) is 34.6 Å². The smallest absolute Gasteiger partial charge is 0.322 e. The van der Waals surface area contributed by atoms with Crippen molar-refractivity contribution in [2.75, 3.05) is 5.73 Å². The Morgan fingerprint density at radius 1 is 1.06 bits per heavy atom. The van der Waals surface area contributed by atoms with E-state index in [1.807, 2.05) is 13.8 Å². The first kappa shape index (κ1) is 14.0. The van der Waals surface area contributed by atoms with Crippen LogP contribution < -0.4 is 10.5 Å². The van der Waals surface area contributed by atoms with Gasteiger partial charge in [-0.15, -0.1) is 0 Å². The van der Waals surface area contributed by atoms with Crippen LogP contribution in [0.25, 0.3) is 0 Å². The van der Waals surface area contributed by atoms with E-state index in [0.717, 1.165) is 0 Å². The molecule has 0 fully saturated rings. The van der Waals surface area contributed by atoms with E-state index in [1.54, 1.807) is 11.8 Å². The molecule has 0 radical (unpaired) electrons. The van der Waals surface area contributed by atoms with Crippen LogP contribution in [0.3, 0.4) is 0 Å². The van der Waals surface area contributed by atoms with Crippen molar-refractivity contribution in [3.63, 3.8) is 0 Å². The predicted molar refractivity (Wildman–Crippen MR) is 70.2 cm³/mol. The van der Waals surface area contributed by atoms with Crippen molar-refractivity contribution in [2.24, 2.45) is 5.92 Å². The molecule has 0 aromatic carbocycles. The molecule has 0 saturated heterocycles. The monoisotopic (exact) mass is 256 g/mol. The van der Waals surface area contributed by atoms with Gasteiger partial charge in [0.15, 0.2) is 5.16 Å². The van der Waals surface area contributed by atoms with Gasteiger partial charge in [0.05, 0.1) is 6.10 Å². The maximum absolute atomic E-state index is 5.63. The summed E-state index contributed by atoms with van der Waals surface area (Å²) in [6.45, 7) is 10.3. The second-order valence-corrected chi connectivity index (χ2v) is 5.84. The number of nitrogens with two attached hydrogens (primary N) is 1. The lowest BCUT2D eigenvalue weighted by molar-refractivity contribution is 0.219. The highest BCUT2D eigenvalue weighted by Crippen LogP contribution is 2.26. The van der Waals surface area contributed by atoms with Gasteiger partial charge in [-0.05, 0) is 19.8 Å². The molecule has 0 aliphatic carbocycles. The van der Waals surface area contributed by atoms with E-state index >= 15 is 0 Å². The molecule has 5 nitrogen and oxygen atoms in total. The van der Waals surface area contributed by atoms with Crippen molar-refractivity contribution < 1.29 is 4.74 Å². The van der Waals surface area contributed by atoms with Crippen LogP contribution in [0, 0.1) is 5.92 Å². The molecule has 96 valence electrons. The fourth-order valence-corrected chi connectivity index (χ4v) is 1.85. The molecule has 0 bridgehead atoms. The summed E-state index contributed by atoms with van der Waals surface area (Å²) >= 11 is 1.58. The first-order valence-corrected chi connectivity index (χ1v) is 6.61. The molecule has 1 heterocycles. The van der Waals surface area contributed by atoms with Crippen LogP contribution >= 0.6 is 11.8 Å². The summed E-state index contributed by atoms with van der Waals surface area (Å²) in [4.78, 5) is 12.3. The number of anilines is 1. The van der Waals surface area contributed by atoms with Crippen molar-refractivity contribution >= 4 is 17.7 Å². The molecule has 0 saturated carbocycles. The molecule has 1 rings (SSSR count). The maximum atomic E-state index is 5.63. The fraction of sp³-hybridized carbons (Fsp3) is 0.727.